The van der Waals surface area contributed by atoms with Crippen molar-refractivity contribution in [1.29, 1.82) is 0 Å². The van der Waals surface area contributed by atoms with E-state index < -0.39 is 11.9 Å². The van der Waals surface area contributed by atoms with Crippen LogP contribution in [-0.4, -0.2) is 29.9 Å². The monoisotopic (exact) mass is 414 g/mol. The third-order valence-electron chi connectivity index (χ3n) is 5.46. The highest BCUT2D eigenvalue weighted by atomic mass is 16.7. The molecule has 30 heavy (non-hydrogen) atoms. The zero-order chi connectivity index (χ0) is 21.7. The van der Waals surface area contributed by atoms with Gasteiger partial charge in [-0.05, 0) is 24.5 Å². The van der Waals surface area contributed by atoms with E-state index in [2.05, 4.69) is 13.8 Å². The summed E-state index contributed by atoms with van der Waals surface area (Å²) in [5.41, 5.74) is 1.11. The Morgan fingerprint density at radius 2 is 1.57 bits per heavy atom. The molecule has 0 aliphatic heterocycles. The van der Waals surface area contributed by atoms with Gasteiger partial charge in [0.05, 0.1) is 13.2 Å². The number of Topliss-reactive ketones (excluding diaryl/α,β-unsaturated/α-hetero) is 1. The molecule has 4 heteroatoms. The van der Waals surface area contributed by atoms with Crippen molar-refractivity contribution in [3.63, 3.8) is 0 Å². The Kier molecular flexibility index (Phi) is 11.1. The SMILES string of the molecule is CCCCCCOC1(OCCCCCC)C=CC(C(=O)C(O)c2ccccc2)=CC1. The zero-order valence-electron chi connectivity index (χ0n) is 18.6. The minimum atomic E-state index is -1.15. The molecule has 0 aromatic heterocycles. The van der Waals surface area contributed by atoms with E-state index in [4.69, 9.17) is 9.47 Å². The van der Waals surface area contributed by atoms with Gasteiger partial charge in [-0.2, -0.15) is 0 Å². The normalized spacial score (nSPS) is 16.3. The number of ether oxygens (including phenoxy) is 2. The highest BCUT2D eigenvalue weighted by molar-refractivity contribution is 6.01. The van der Waals surface area contributed by atoms with Crippen molar-refractivity contribution < 1.29 is 19.4 Å². The highest BCUT2D eigenvalue weighted by Crippen LogP contribution is 2.30. The van der Waals surface area contributed by atoms with E-state index in [9.17, 15) is 9.90 Å². The van der Waals surface area contributed by atoms with E-state index in [0.717, 1.165) is 25.7 Å². The number of hydrogen-bond donors (Lipinski definition) is 1. The topological polar surface area (TPSA) is 55.8 Å². The molecule has 0 amide bonds. The standard InChI is InChI=1S/C26H38O4/c1-3-5-7-12-20-29-26(30-21-13-8-6-4-2)18-16-23(17-19-26)25(28)24(27)22-14-10-9-11-15-22/h9-11,14-18,24,27H,3-8,12-13,19-21H2,1-2H3. The Bertz CT molecular complexity index is 664. The zero-order valence-corrected chi connectivity index (χ0v) is 18.6. The number of carbonyl (C=O) groups is 1. The molecule has 4 nitrogen and oxygen atoms in total. The molecule has 2 rings (SSSR count). The highest BCUT2D eigenvalue weighted by Gasteiger charge is 2.32. The van der Waals surface area contributed by atoms with Crippen LogP contribution in [0.3, 0.4) is 0 Å². The van der Waals surface area contributed by atoms with Crippen molar-refractivity contribution in [3.05, 3.63) is 59.7 Å². The summed E-state index contributed by atoms with van der Waals surface area (Å²) >= 11 is 0. The molecule has 1 aliphatic carbocycles. The molecule has 0 heterocycles. The number of aliphatic hydroxyl groups is 1. The molecule has 0 fully saturated rings. The van der Waals surface area contributed by atoms with Gasteiger partial charge in [-0.1, -0.05) is 94.9 Å². The molecule has 0 radical (unpaired) electrons. The van der Waals surface area contributed by atoms with Crippen LogP contribution in [0.25, 0.3) is 0 Å². The number of allylic oxidation sites excluding steroid dienone is 1. The lowest BCUT2D eigenvalue weighted by atomic mass is 9.94. The third-order valence-corrected chi connectivity index (χ3v) is 5.46. The minimum absolute atomic E-state index is 0.294. The number of rotatable bonds is 15. The first-order chi connectivity index (χ1) is 14.6. The number of aliphatic hydroxyl groups excluding tert-OH is 1. The largest absolute Gasteiger partial charge is 0.380 e. The smallest absolute Gasteiger partial charge is 0.195 e. The van der Waals surface area contributed by atoms with Crippen LogP contribution >= 0.6 is 0 Å². The van der Waals surface area contributed by atoms with Crippen LogP contribution in [0.5, 0.6) is 0 Å². The summed E-state index contributed by atoms with van der Waals surface area (Å²) in [5, 5.41) is 10.4. The minimum Gasteiger partial charge on any atom is -0.380 e. The van der Waals surface area contributed by atoms with Crippen molar-refractivity contribution >= 4 is 5.78 Å². The lowest BCUT2D eigenvalue weighted by Crippen LogP contribution is -2.36. The van der Waals surface area contributed by atoms with Gasteiger partial charge in [-0.25, -0.2) is 0 Å². The number of hydrogen-bond acceptors (Lipinski definition) is 4. The van der Waals surface area contributed by atoms with Gasteiger partial charge in [0.2, 0.25) is 0 Å². The molecule has 0 saturated carbocycles. The maximum atomic E-state index is 12.7. The quantitative estimate of drug-likeness (QED) is 0.280. The summed E-state index contributed by atoms with van der Waals surface area (Å²) in [6.45, 7) is 5.67. The van der Waals surface area contributed by atoms with Crippen molar-refractivity contribution in [3.8, 4) is 0 Å². The molecule has 1 aromatic carbocycles. The van der Waals surface area contributed by atoms with Crippen LogP contribution in [0.2, 0.25) is 0 Å². The molecule has 1 unspecified atom stereocenters. The summed E-state index contributed by atoms with van der Waals surface area (Å²) in [6.07, 6.45) is 13.9. The molecule has 1 N–H and O–H groups in total. The molecular weight excluding hydrogens is 376 g/mol. The fourth-order valence-corrected chi connectivity index (χ4v) is 3.54. The second kappa shape index (κ2) is 13.5. The van der Waals surface area contributed by atoms with Crippen molar-refractivity contribution in [2.24, 2.45) is 0 Å². The number of carbonyl (C=O) groups excluding carboxylic acids is 1. The van der Waals surface area contributed by atoms with Gasteiger partial charge >= 0.3 is 0 Å². The predicted molar refractivity (Wildman–Crippen MR) is 121 cm³/mol. The first kappa shape index (κ1) is 24.5. The average Bonchev–Trinajstić information content (AvgIpc) is 2.79. The molecule has 1 aromatic rings. The van der Waals surface area contributed by atoms with E-state index >= 15 is 0 Å². The van der Waals surface area contributed by atoms with Crippen LogP contribution in [0, 0.1) is 0 Å². The Hall–Kier alpha value is -1.75. The van der Waals surface area contributed by atoms with Crippen LogP contribution in [0.15, 0.2) is 54.1 Å². The lowest BCUT2D eigenvalue weighted by molar-refractivity contribution is -0.204. The Balaban J connectivity index is 1.97. The van der Waals surface area contributed by atoms with Crippen molar-refractivity contribution in [1.82, 2.24) is 0 Å². The maximum absolute atomic E-state index is 12.7. The fraction of sp³-hybridized carbons (Fsp3) is 0.577. The predicted octanol–water partition coefficient (Wildman–Crippen LogP) is 6.07. The molecular formula is C26H38O4. The Morgan fingerprint density at radius 1 is 0.967 bits per heavy atom. The van der Waals surface area contributed by atoms with Crippen LogP contribution < -0.4 is 0 Å². The van der Waals surface area contributed by atoms with Gasteiger partial charge < -0.3 is 14.6 Å². The van der Waals surface area contributed by atoms with E-state index in [1.54, 1.807) is 18.2 Å². The molecule has 166 valence electrons. The maximum Gasteiger partial charge on any atom is 0.195 e. The van der Waals surface area contributed by atoms with Gasteiger partial charge in [-0.3, -0.25) is 4.79 Å². The van der Waals surface area contributed by atoms with Crippen LogP contribution in [-0.2, 0) is 14.3 Å². The van der Waals surface area contributed by atoms with Crippen LogP contribution in [0.4, 0.5) is 0 Å². The summed E-state index contributed by atoms with van der Waals surface area (Å²) < 4.78 is 12.3. The second-order valence-corrected chi connectivity index (χ2v) is 8.00. The second-order valence-electron chi connectivity index (χ2n) is 8.00. The third kappa shape index (κ3) is 7.82. The van der Waals surface area contributed by atoms with Gasteiger partial charge in [-0.15, -0.1) is 0 Å². The summed E-state index contributed by atoms with van der Waals surface area (Å²) in [4.78, 5) is 12.7. The molecule has 1 aliphatic rings. The van der Waals surface area contributed by atoms with Crippen molar-refractivity contribution in [2.75, 3.05) is 13.2 Å². The number of unbranched alkanes of at least 4 members (excludes halogenated alkanes) is 6. The van der Waals surface area contributed by atoms with E-state index in [1.165, 1.54) is 25.7 Å². The number of ketones is 1. The Morgan fingerprint density at radius 3 is 2.07 bits per heavy atom. The summed E-state index contributed by atoms with van der Waals surface area (Å²) in [5.74, 6) is -1.10. The summed E-state index contributed by atoms with van der Waals surface area (Å²) in [7, 11) is 0. The van der Waals surface area contributed by atoms with E-state index in [1.807, 2.05) is 30.4 Å². The van der Waals surface area contributed by atoms with Gasteiger partial charge in [0.15, 0.2) is 11.6 Å². The molecule has 0 spiro atoms. The van der Waals surface area contributed by atoms with Crippen LogP contribution in [0.1, 0.15) is 83.3 Å². The van der Waals surface area contributed by atoms with E-state index in [0.29, 0.717) is 30.8 Å². The van der Waals surface area contributed by atoms with E-state index in [-0.39, 0.29) is 5.78 Å². The average molecular weight is 415 g/mol. The van der Waals surface area contributed by atoms with Gasteiger partial charge in [0, 0.05) is 12.0 Å². The Labute approximate surface area is 182 Å². The summed E-state index contributed by atoms with van der Waals surface area (Å²) in [6, 6.07) is 9.03. The van der Waals surface area contributed by atoms with Crippen molar-refractivity contribution in [2.45, 2.75) is 83.5 Å². The lowest BCUT2D eigenvalue weighted by Gasteiger charge is -2.32. The molecule has 0 bridgehead atoms. The van der Waals surface area contributed by atoms with Gasteiger partial charge in [0.1, 0.15) is 6.10 Å². The number of benzene rings is 1. The molecule has 0 saturated heterocycles. The molecule has 1 atom stereocenters. The fourth-order valence-electron chi connectivity index (χ4n) is 3.54. The first-order valence-corrected chi connectivity index (χ1v) is 11.6. The van der Waals surface area contributed by atoms with Gasteiger partial charge in [0.25, 0.3) is 0 Å². The first-order valence-electron chi connectivity index (χ1n) is 11.6.